The van der Waals surface area contributed by atoms with E-state index in [1.807, 2.05) is 0 Å². The number of hydrogen-bond acceptors (Lipinski definition) is 1. The number of halogens is 6. The Hall–Kier alpha value is -1.24. The minimum Gasteiger partial charge on any atom is -0.327 e. The van der Waals surface area contributed by atoms with Gasteiger partial charge in [0.2, 0.25) is 0 Å². The van der Waals surface area contributed by atoms with Gasteiger partial charge in [0, 0.05) is 6.04 Å². The van der Waals surface area contributed by atoms with Crippen LogP contribution < -0.4 is 5.73 Å². The van der Waals surface area contributed by atoms with Gasteiger partial charge in [-0.1, -0.05) is 13.8 Å². The summed E-state index contributed by atoms with van der Waals surface area (Å²) >= 11 is 0. The maximum Gasteiger partial charge on any atom is 0.416 e. The predicted octanol–water partition coefficient (Wildman–Crippen LogP) is 4.57. The first kappa shape index (κ1) is 16.8. The zero-order chi connectivity index (χ0) is 15.7. The lowest BCUT2D eigenvalue weighted by molar-refractivity contribution is -0.143. The van der Waals surface area contributed by atoms with Crippen LogP contribution in [0.15, 0.2) is 18.2 Å². The Kier molecular flexibility index (Phi) is 4.74. The second-order valence-corrected chi connectivity index (χ2v) is 4.70. The van der Waals surface area contributed by atoms with Crippen LogP contribution in [0.5, 0.6) is 0 Å². The summed E-state index contributed by atoms with van der Waals surface area (Å²) in [6.07, 6.45) is -9.20. The maximum atomic E-state index is 12.7. The van der Waals surface area contributed by atoms with Gasteiger partial charge >= 0.3 is 12.4 Å². The van der Waals surface area contributed by atoms with Crippen LogP contribution in [-0.4, -0.2) is 6.04 Å². The van der Waals surface area contributed by atoms with E-state index >= 15 is 0 Å². The molecule has 0 heterocycles. The summed E-state index contributed by atoms with van der Waals surface area (Å²) in [7, 11) is 0. The highest BCUT2D eigenvalue weighted by Gasteiger charge is 2.37. The third kappa shape index (κ3) is 3.88. The first-order valence-electron chi connectivity index (χ1n) is 6.01. The van der Waals surface area contributed by atoms with E-state index in [0.717, 1.165) is 12.1 Å². The fraction of sp³-hybridized carbons (Fsp3) is 0.538. The smallest absolute Gasteiger partial charge is 0.327 e. The monoisotopic (exact) mass is 299 g/mol. The molecule has 1 aromatic carbocycles. The standard InChI is InChI=1S/C13H15F6N/c1-3-11(20)7(2)8-4-9(12(14,15)16)6-10(5-8)13(17,18)19/h4-7,11H,3,20H2,1-2H3. The van der Waals surface area contributed by atoms with Gasteiger partial charge in [0.05, 0.1) is 11.1 Å². The number of hydrogen-bond donors (Lipinski definition) is 1. The Morgan fingerprint density at radius 3 is 1.65 bits per heavy atom. The van der Waals surface area contributed by atoms with Gasteiger partial charge in [-0.25, -0.2) is 0 Å². The minimum atomic E-state index is -4.83. The van der Waals surface area contributed by atoms with Gasteiger partial charge in [0.25, 0.3) is 0 Å². The predicted molar refractivity (Wildman–Crippen MR) is 63.1 cm³/mol. The lowest BCUT2D eigenvalue weighted by Gasteiger charge is -2.21. The van der Waals surface area contributed by atoms with Crippen LogP contribution in [0.1, 0.15) is 42.9 Å². The van der Waals surface area contributed by atoms with Crippen molar-refractivity contribution in [1.82, 2.24) is 0 Å². The zero-order valence-electron chi connectivity index (χ0n) is 10.9. The van der Waals surface area contributed by atoms with Gasteiger partial charge in [-0.2, -0.15) is 26.3 Å². The Balaban J connectivity index is 3.38. The van der Waals surface area contributed by atoms with E-state index in [2.05, 4.69) is 0 Å². The maximum absolute atomic E-state index is 12.7. The molecule has 114 valence electrons. The van der Waals surface area contributed by atoms with Crippen LogP contribution in [0.3, 0.4) is 0 Å². The van der Waals surface area contributed by atoms with Crippen LogP contribution in [0, 0.1) is 0 Å². The zero-order valence-corrected chi connectivity index (χ0v) is 10.9. The molecule has 2 unspecified atom stereocenters. The average Bonchev–Trinajstić information content (AvgIpc) is 2.34. The highest BCUT2D eigenvalue weighted by molar-refractivity contribution is 5.35. The van der Waals surface area contributed by atoms with Gasteiger partial charge < -0.3 is 5.73 Å². The van der Waals surface area contributed by atoms with E-state index < -0.39 is 35.4 Å². The van der Waals surface area contributed by atoms with Crippen LogP contribution in [0.2, 0.25) is 0 Å². The lowest BCUT2D eigenvalue weighted by atomic mass is 9.89. The second-order valence-electron chi connectivity index (χ2n) is 4.70. The normalized spacial score (nSPS) is 16.1. The molecule has 0 aliphatic carbocycles. The summed E-state index contributed by atoms with van der Waals surface area (Å²) in [4.78, 5) is 0. The third-order valence-electron chi connectivity index (χ3n) is 3.25. The minimum absolute atomic E-state index is 0.0542. The Bertz CT molecular complexity index is 431. The van der Waals surface area contributed by atoms with E-state index in [1.165, 1.54) is 6.92 Å². The Labute approximate surface area is 112 Å². The van der Waals surface area contributed by atoms with Gasteiger partial charge in [-0.05, 0) is 36.1 Å². The van der Waals surface area contributed by atoms with Crippen molar-refractivity contribution in [1.29, 1.82) is 0 Å². The molecule has 0 aliphatic heterocycles. The number of rotatable bonds is 3. The van der Waals surface area contributed by atoms with Crippen molar-refractivity contribution < 1.29 is 26.3 Å². The average molecular weight is 299 g/mol. The van der Waals surface area contributed by atoms with E-state index in [1.54, 1.807) is 6.92 Å². The highest BCUT2D eigenvalue weighted by atomic mass is 19.4. The van der Waals surface area contributed by atoms with Crippen molar-refractivity contribution in [2.75, 3.05) is 0 Å². The van der Waals surface area contributed by atoms with Crippen molar-refractivity contribution in [3.05, 3.63) is 34.9 Å². The van der Waals surface area contributed by atoms with Crippen LogP contribution in [-0.2, 0) is 12.4 Å². The van der Waals surface area contributed by atoms with E-state index in [0.29, 0.717) is 6.42 Å². The van der Waals surface area contributed by atoms with Crippen LogP contribution >= 0.6 is 0 Å². The van der Waals surface area contributed by atoms with Gasteiger partial charge in [0.1, 0.15) is 0 Å². The molecule has 1 nitrogen and oxygen atoms in total. The van der Waals surface area contributed by atoms with Gasteiger partial charge in [-0.15, -0.1) is 0 Å². The topological polar surface area (TPSA) is 26.0 Å². The summed E-state index contributed by atoms with van der Waals surface area (Å²) in [5.74, 6) is -0.594. The van der Waals surface area contributed by atoms with Crippen molar-refractivity contribution >= 4 is 0 Å². The fourth-order valence-corrected chi connectivity index (χ4v) is 1.84. The molecule has 0 saturated heterocycles. The van der Waals surface area contributed by atoms with Crippen molar-refractivity contribution in [3.63, 3.8) is 0 Å². The largest absolute Gasteiger partial charge is 0.416 e. The highest BCUT2D eigenvalue weighted by Crippen LogP contribution is 2.38. The molecule has 20 heavy (non-hydrogen) atoms. The summed E-state index contributed by atoms with van der Waals surface area (Å²) in [5, 5.41) is 0. The molecule has 2 atom stereocenters. The summed E-state index contributed by atoms with van der Waals surface area (Å²) < 4.78 is 76.1. The Morgan fingerprint density at radius 2 is 1.35 bits per heavy atom. The SMILES string of the molecule is CCC(N)C(C)c1cc(C(F)(F)F)cc(C(F)(F)F)c1. The van der Waals surface area contributed by atoms with Crippen molar-refractivity contribution in [2.45, 2.75) is 44.6 Å². The summed E-state index contributed by atoms with van der Waals surface area (Å²) in [6.45, 7) is 3.24. The molecule has 0 saturated carbocycles. The number of nitrogens with two attached hydrogens (primary N) is 1. The number of benzene rings is 1. The third-order valence-corrected chi connectivity index (χ3v) is 3.25. The van der Waals surface area contributed by atoms with Gasteiger partial charge in [-0.3, -0.25) is 0 Å². The van der Waals surface area contributed by atoms with Gasteiger partial charge in [0.15, 0.2) is 0 Å². The summed E-state index contributed by atoms with van der Waals surface area (Å²) in [6, 6.07) is 1.08. The fourth-order valence-electron chi connectivity index (χ4n) is 1.84. The van der Waals surface area contributed by atoms with E-state index in [-0.39, 0.29) is 11.6 Å². The molecule has 0 aliphatic rings. The second kappa shape index (κ2) is 5.63. The van der Waals surface area contributed by atoms with Crippen molar-refractivity contribution in [2.24, 2.45) is 5.73 Å². The molecule has 0 amide bonds. The molecule has 0 bridgehead atoms. The first-order valence-corrected chi connectivity index (χ1v) is 6.01. The molecular weight excluding hydrogens is 284 g/mol. The molecule has 1 rings (SSSR count). The molecule has 2 N–H and O–H groups in total. The van der Waals surface area contributed by atoms with Crippen LogP contribution in [0.25, 0.3) is 0 Å². The van der Waals surface area contributed by atoms with E-state index in [9.17, 15) is 26.3 Å². The molecule has 1 aromatic rings. The van der Waals surface area contributed by atoms with E-state index in [4.69, 9.17) is 5.73 Å². The molecule has 0 fully saturated rings. The van der Waals surface area contributed by atoms with Crippen LogP contribution in [0.4, 0.5) is 26.3 Å². The summed E-state index contributed by atoms with van der Waals surface area (Å²) in [5.41, 5.74) is 3.03. The lowest BCUT2D eigenvalue weighted by Crippen LogP contribution is -2.26. The molecule has 0 spiro atoms. The first-order chi connectivity index (χ1) is 8.96. The molecular formula is C13H15F6N. The Morgan fingerprint density at radius 1 is 0.950 bits per heavy atom. The quantitative estimate of drug-likeness (QED) is 0.813. The molecule has 0 radical (unpaired) electrons. The van der Waals surface area contributed by atoms with Crippen molar-refractivity contribution in [3.8, 4) is 0 Å². The molecule has 0 aromatic heterocycles. The number of alkyl halides is 6. The molecule has 7 heteroatoms.